The largest absolute Gasteiger partial charge is 0.492 e. The third-order valence-corrected chi connectivity index (χ3v) is 9.59. The number of ether oxygens (including phenoxy) is 2. The Kier molecular flexibility index (Phi) is 8.20. The van der Waals surface area contributed by atoms with Gasteiger partial charge in [-0.2, -0.15) is 0 Å². The molecule has 214 valence electrons. The second kappa shape index (κ2) is 11.0. The molecule has 0 bridgehead atoms. The van der Waals surface area contributed by atoms with Crippen molar-refractivity contribution in [3.63, 3.8) is 0 Å². The van der Waals surface area contributed by atoms with E-state index in [0.29, 0.717) is 44.5 Å². The number of piperazine rings is 1. The molecular weight excluding hydrogens is 565 g/mol. The number of carbonyl (C=O) groups excluding carboxylic acids is 2. The molecule has 0 radical (unpaired) electrons. The number of pyridine rings is 1. The number of nitrogens with zero attached hydrogens (tertiary/aromatic N) is 2. The van der Waals surface area contributed by atoms with Crippen LogP contribution in [0, 0.1) is 5.82 Å². The fourth-order valence-corrected chi connectivity index (χ4v) is 6.56. The Hall–Kier alpha value is -2.84. The number of esters is 1. The summed E-state index contributed by atoms with van der Waals surface area (Å²) in [7, 11) is -9.59. The topological polar surface area (TPSA) is 217 Å². The van der Waals surface area contributed by atoms with E-state index in [1.54, 1.807) is 9.47 Å². The standard InChI is InChI=1S/C21H27FN4O11P2/c1-36-19-16-12(8-14(22)17(19)25-6-4-23-5-7-25)18(28)13(9-26(16)11-2-3-11)20(29)37-10-15(27)24-21(38(30,31)32)39(33,34)35/h8-9,11,21,23H,2-7,10H2,1H3,(H,24,27)(H2,30,31,32)(H2,33,34,35). The molecule has 2 aliphatic rings. The van der Waals surface area contributed by atoms with Crippen LogP contribution in [0.3, 0.4) is 0 Å². The van der Waals surface area contributed by atoms with Gasteiger partial charge in [0.25, 0.3) is 5.91 Å². The van der Waals surface area contributed by atoms with Gasteiger partial charge >= 0.3 is 21.2 Å². The zero-order chi connectivity index (χ0) is 28.7. The van der Waals surface area contributed by atoms with Gasteiger partial charge in [-0.1, -0.05) is 0 Å². The average molecular weight is 592 g/mol. The molecule has 1 aromatic heterocycles. The van der Waals surface area contributed by atoms with E-state index in [0.717, 1.165) is 6.07 Å². The quantitative estimate of drug-likeness (QED) is 0.165. The summed E-state index contributed by atoms with van der Waals surface area (Å²) in [4.78, 5) is 76.4. The summed E-state index contributed by atoms with van der Waals surface area (Å²) < 4.78 is 50.1. The van der Waals surface area contributed by atoms with Crippen molar-refractivity contribution in [1.82, 2.24) is 15.2 Å². The molecule has 0 unspecified atom stereocenters. The van der Waals surface area contributed by atoms with Crippen LogP contribution in [-0.2, 0) is 18.7 Å². The van der Waals surface area contributed by atoms with E-state index in [2.05, 4.69) is 5.32 Å². The molecule has 2 aromatic rings. The maximum atomic E-state index is 15.4. The van der Waals surface area contributed by atoms with E-state index in [1.165, 1.54) is 18.6 Å². The SMILES string of the molecule is COc1c(N2CCNCC2)c(F)cc2c(=O)c(C(=O)OCC(=O)NC(P(=O)(O)O)P(=O)(O)O)cn(C3CC3)c12. The van der Waals surface area contributed by atoms with Gasteiger partial charge in [-0.25, -0.2) is 9.18 Å². The van der Waals surface area contributed by atoms with Crippen LogP contribution >= 0.6 is 15.2 Å². The smallest absolute Gasteiger partial charge is 0.360 e. The number of amides is 1. The number of anilines is 1. The van der Waals surface area contributed by atoms with Crippen LogP contribution in [-0.4, -0.2) is 81.4 Å². The van der Waals surface area contributed by atoms with Crippen LogP contribution in [0.2, 0.25) is 0 Å². The van der Waals surface area contributed by atoms with Crippen LogP contribution in [0.15, 0.2) is 17.1 Å². The van der Waals surface area contributed by atoms with E-state index in [4.69, 9.17) is 29.0 Å². The van der Waals surface area contributed by atoms with E-state index in [-0.39, 0.29) is 22.9 Å². The summed E-state index contributed by atoms with van der Waals surface area (Å²) in [5.41, 5.74) is -3.80. The minimum Gasteiger partial charge on any atom is -0.492 e. The number of hydrogen-bond donors (Lipinski definition) is 6. The fraction of sp³-hybridized carbons (Fsp3) is 0.476. The van der Waals surface area contributed by atoms with Gasteiger partial charge < -0.3 is 49.1 Å². The molecule has 2 fully saturated rings. The molecule has 6 N–H and O–H groups in total. The molecule has 1 amide bonds. The van der Waals surface area contributed by atoms with Gasteiger partial charge in [-0.15, -0.1) is 0 Å². The molecule has 1 aliphatic carbocycles. The maximum absolute atomic E-state index is 15.4. The maximum Gasteiger partial charge on any atom is 0.360 e. The lowest BCUT2D eigenvalue weighted by Gasteiger charge is -2.31. The van der Waals surface area contributed by atoms with Gasteiger partial charge in [0, 0.05) is 38.4 Å². The molecule has 18 heteroatoms. The Morgan fingerprint density at radius 3 is 2.33 bits per heavy atom. The zero-order valence-electron chi connectivity index (χ0n) is 20.6. The van der Waals surface area contributed by atoms with Crippen LogP contribution in [0.4, 0.5) is 10.1 Å². The van der Waals surface area contributed by atoms with Gasteiger partial charge in [-0.05, 0) is 18.9 Å². The number of halogens is 1. The molecule has 15 nitrogen and oxygen atoms in total. The summed E-state index contributed by atoms with van der Waals surface area (Å²) >= 11 is 0. The van der Waals surface area contributed by atoms with Gasteiger partial charge in [0.1, 0.15) is 11.3 Å². The lowest BCUT2D eigenvalue weighted by Crippen LogP contribution is -2.44. The Labute approximate surface area is 220 Å². The molecule has 1 saturated carbocycles. The van der Waals surface area contributed by atoms with Crippen LogP contribution < -0.4 is 25.7 Å². The van der Waals surface area contributed by atoms with Crippen molar-refractivity contribution >= 4 is 43.7 Å². The first-order valence-electron chi connectivity index (χ1n) is 11.7. The Bertz CT molecular complexity index is 1440. The number of hydrogen-bond acceptors (Lipinski definition) is 9. The first-order chi connectivity index (χ1) is 18.2. The van der Waals surface area contributed by atoms with Gasteiger partial charge in [0.15, 0.2) is 18.2 Å². The van der Waals surface area contributed by atoms with Crippen molar-refractivity contribution in [2.75, 3.05) is 44.8 Å². The molecule has 0 spiro atoms. The number of methoxy groups -OCH3 is 1. The average Bonchev–Trinajstić information content (AvgIpc) is 3.70. The second-order valence-electron chi connectivity index (χ2n) is 9.08. The molecule has 2 heterocycles. The van der Waals surface area contributed by atoms with Crippen LogP contribution in [0.25, 0.3) is 10.9 Å². The predicted octanol–water partition coefficient (Wildman–Crippen LogP) is -0.194. The van der Waals surface area contributed by atoms with Gasteiger partial charge in [0.2, 0.25) is 11.0 Å². The molecule has 1 aromatic carbocycles. The molecule has 1 saturated heterocycles. The van der Waals surface area contributed by atoms with Crippen molar-refractivity contribution in [1.29, 1.82) is 0 Å². The normalized spacial score (nSPS) is 16.4. The predicted molar refractivity (Wildman–Crippen MR) is 134 cm³/mol. The lowest BCUT2D eigenvalue weighted by molar-refractivity contribution is -0.124. The van der Waals surface area contributed by atoms with E-state index in [1.807, 2.05) is 0 Å². The van der Waals surface area contributed by atoms with E-state index < -0.39 is 56.0 Å². The van der Waals surface area contributed by atoms with Crippen LogP contribution in [0.1, 0.15) is 29.2 Å². The number of aromatic nitrogens is 1. The van der Waals surface area contributed by atoms with Gasteiger partial charge in [0.05, 0.1) is 18.0 Å². The molecular formula is C21H27FN4O11P2. The number of nitrogens with one attached hydrogen (secondary N) is 2. The summed E-state index contributed by atoms with van der Waals surface area (Å²) in [6, 6.07) is 0.898. The lowest BCUT2D eigenvalue weighted by atomic mass is 10.1. The summed E-state index contributed by atoms with van der Waals surface area (Å²) in [6.07, 6.45) is 2.65. The third kappa shape index (κ3) is 6.17. The number of carbonyl (C=O) groups is 2. The zero-order valence-corrected chi connectivity index (χ0v) is 22.4. The second-order valence-corrected chi connectivity index (χ2v) is 12.9. The van der Waals surface area contributed by atoms with Crippen molar-refractivity contribution in [3.05, 3.63) is 33.9 Å². The van der Waals surface area contributed by atoms with E-state index in [9.17, 15) is 23.5 Å². The highest BCUT2D eigenvalue weighted by Gasteiger charge is 2.44. The van der Waals surface area contributed by atoms with E-state index >= 15 is 4.39 Å². The minimum absolute atomic E-state index is 0.120. The minimum atomic E-state index is -5.47. The Morgan fingerprint density at radius 1 is 1.18 bits per heavy atom. The number of fused-ring (bicyclic) bond motifs is 1. The van der Waals surface area contributed by atoms with Crippen molar-refractivity contribution in [2.24, 2.45) is 0 Å². The van der Waals surface area contributed by atoms with Crippen LogP contribution in [0.5, 0.6) is 5.75 Å². The molecule has 0 atom stereocenters. The number of benzene rings is 1. The summed E-state index contributed by atoms with van der Waals surface area (Å²) in [6.45, 7) is 1.04. The third-order valence-electron chi connectivity index (χ3n) is 6.26. The number of rotatable bonds is 9. The van der Waals surface area contributed by atoms with Gasteiger partial charge in [-0.3, -0.25) is 18.7 Å². The summed E-state index contributed by atoms with van der Waals surface area (Å²) in [5.74, 6) is -3.33. The molecule has 1 aliphatic heterocycles. The Morgan fingerprint density at radius 2 is 1.79 bits per heavy atom. The highest BCUT2D eigenvalue weighted by Crippen LogP contribution is 2.58. The highest BCUT2D eigenvalue weighted by molar-refractivity contribution is 7.70. The first-order valence-corrected chi connectivity index (χ1v) is 15.1. The first kappa shape index (κ1) is 29.2. The summed E-state index contributed by atoms with van der Waals surface area (Å²) in [5, 5.41) is 4.47. The van der Waals surface area contributed by atoms with Crippen molar-refractivity contribution in [2.45, 2.75) is 24.4 Å². The molecule has 4 rings (SSSR count). The monoisotopic (exact) mass is 592 g/mol. The van der Waals surface area contributed by atoms with Crippen molar-refractivity contribution in [3.8, 4) is 5.75 Å². The fourth-order valence-electron chi connectivity index (χ4n) is 4.36. The Balaban J connectivity index is 1.67. The van der Waals surface area contributed by atoms with Crippen molar-refractivity contribution < 1.29 is 52.2 Å². The molecule has 39 heavy (non-hydrogen) atoms. The highest BCUT2D eigenvalue weighted by atomic mass is 31.2.